The van der Waals surface area contributed by atoms with Crippen molar-refractivity contribution in [2.24, 2.45) is 0 Å². The Balaban J connectivity index is 1.66. The third-order valence-electron chi connectivity index (χ3n) is 4.51. The predicted molar refractivity (Wildman–Crippen MR) is 108 cm³/mol. The molecule has 0 aliphatic carbocycles. The lowest BCUT2D eigenvalue weighted by atomic mass is 10.1. The van der Waals surface area contributed by atoms with E-state index in [-0.39, 0.29) is 18.0 Å². The maximum absolute atomic E-state index is 13.0. The standard InChI is InChI=1S/C21H26N4O2/c1-16(2)22-21(27)23-19-11-7-6-10-18(19)20(26)25-14-12-24(13-15-25)17-8-4-3-5-9-17/h3-11,16H,12-15H2,1-2H3,(H2,22,23,27). The van der Waals surface area contributed by atoms with Crippen molar-refractivity contribution in [3.8, 4) is 0 Å². The number of nitrogens with one attached hydrogen (secondary N) is 2. The molecule has 1 heterocycles. The maximum Gasteiger partial charge on any atom is 0.319 e. The van der Waals surface area contributed by atoms with Gasteiger partial charge >= 0.3 is 6.03 Å². The molecule has 1 fully saturated rings. The highest BCUT2D eigenvalue weighted by Crippen LogP contribution is 2.20. The van der Waals surface area contributed by atoms with Crippen LogP contribution in [0.25, 0.3) is 0 Å². The van der Waals surface area contributed by atoms with Crippen LogP contribution in [0.1, 0.15) is 24.2 Å². The predicted octanol–water partition coefficient (Wildman–Crippen LogP) is 3.18. The molecule has 6 nitrogen and oxygen atoms in total. The average Bonchev–Trinajstić information content (AvgIpc) is 2.68. The number of amides is 3. The lowest BCUT2D eigenvalue weighted by Crippen LogP contribution is -2.49. The minimum absolute atomic E-state index is 0.0268. The molecular weight excluding hydrogens is 340 g/mol. The van der Waals surface area contributed by atoms with Gasteiger partial charge in [0.05, 0.1) is 11.3 Å². The van der Waals surface area contributed by atoms with Crippen molar-refractivity contribution in [3.63, 3.8) is 0 Å². The smallest absolute Gasteiger partial charge is 0.319 e. The molecule has 0 aromatic heterocycles. The van der Waals surface area contributed by atoms with Gasteiger partial charge in [-0.25, -0.2) is 4.79 Å². The van der Waals surface area contributed by atoms with E-state index in [0.717, 1.165) is 13.1 Å². The molecule has 0 spiro atoms. The van der Waals surface area contributed by atoms with Crippen molar-refractivity contribution >= 4 is 23.3 Å². The van der Waals surface area contributed by atoms with E-state index < -0.39 is 0 Å². The van der Waals surface area contributed by atoms with E-state index >= 15 is 0 Å². The monoisotopic (exact) mass is 366 g/mol. The largest absolute Gasteiger partial charge is 0.368 e. The van der Waals surface area contributed by atoms with Crippen LogP contribution in [0.15, 0.2) is 54.6 Å². The van der Waals surface area contributed by atoms with Gasteiger partial charge in [0.2, 0.25) is 0 Å². The molecule has 2 aromatic rings. The van der Waals surface area contributed by atoms with E-state index in [0.29, 0.717) is 24.3 Å². The molecular formula is C21H26N4O2. The number of para-hydroxylation sites is 2. The second-order valence-electron chi connectivity index (χ2n) is 6.91. The van der Waals surface area contributed by atoms with Gasteiger partial charge in [-0.1, -0.05) is 30.3 Å². The molecule has 142 valence electrons. The van der Waals surface area contributed by atoms with Crippen LogP contribution < -0.4 is 15.5 Å². The van der Waals surface area contributed by atoms with E-state index in [4.69, 9.17) is 0 Å². The fourth-order valence-corrected chi connectivity index (χ4v) is 3.18. The van der Waals surface area contributed by atoms with Crippen LogP contribution >= 0.6 is 0 Å². The summed E-state index contributed by atoms with van der Waals surface area (Å²) >= 11 is 0. The van der Waals surface area contributed by atoms with Gasteiger partial charge < -0.3 is 20.4 Å². The van der Waals surface area contributed by atoms with Crippen LogP contribution in [-0.2, 0) is 0 Å². The third-order valence-corrected chi connectivity index (χ3v) is 4.51. The molecule has 27 heavy (non-hydrogen) atoms. The summed E-state index contributed by atoms with van der Waals surface area (Å²) in [4.78, 5) is 29.2. The van der Waals surface area contributed by atoms with Crippen molar-refractivity contribution in [3.05, 3.63) is 60.2 Å². The molecule has 0 atom stereocenters. The Morgan fingerprint density at radius 2 is 1.52 bits per heavy atom. The topological polar surface area (TPSA) is 64.7 Å². The molecule has 0 saturated carbocycles. The zero-order valence-corrected chi connectivity index (χ0v) is 15.8. The first-order valence-corrected chi connectivity index (χ1v) is 9.30. The van der Waals surface area contributed by atoms with Crippen LogP contribution in [0.3, 0.4) is 0 Å². The van der Waals surface area contributed by atoms with Crippen LogP contribution in [0.2, 0.25) is 0 Å². The van der Waals surface area contributed by atoms with Gasteiger partial charge in [-0.15, -0.1) is 0 Å². The molecule has 2 N–H and O–H groups in total. The Kier molecular flexibility index (Phi) is 5.96. The highest BCUT2D eigenvalue weighted by atomic mass is 16.2. The van der Waals surface area contributed by atoms with Crippen LogP contribution in [0.4, 0.5) is 16.2 Å². The molecule has 3 amide bonds. The fraction of sp³-hybridized carbons (Fsp3) is 0.333. The lowest BCUT2D eigenvalue weighted by molar-refractivity contribution is 0.0748. The van der Waals surface area contributed by atoms with E-state index in [9.17, 15) is 9.59 Å². The summed E-state index contributed by atoms with van der Waals surface area (Å²) in [6.07, 6.45) is 0. The zero-order valence-electron chi connectivity index (χ0n) is 15.8. The highest BCUT2D eigenvalue weighted by Gasteiger charge is 2.24. The van der Waals surface area contributed by atoms with Gasteiger partial charge in [-0.05, 0) is 38.1 Å². The van der Waals surface area contributed by atoms with Crippen molar-refractivity contribution in [2.75, 3.05) is 36.4 Å². The van der Waals surface area contributed by atoms with Crippen molar-refractivity contribution in [1.29, 1.82) is 0 Å². The summed E-state index contributed by atoms with van der Waals surface area (Å²) < 4.78 is 0. The van der Waals surface area contributed by atoms with E-state index in [1.165, 1.54) is 5.69 Å². The summed E-state index contributed by atoms with van der Waals surface area (Å²) in [5.41, 5.74) is 2.23. The first kappa shape index (κ1) is 18.8. The molecule has 0 bridgehead atoms. The van der Waals surface area contributed by atoms with Crippen LogP contribution in [0.5, 0.6) is 0 Å². The van der Waals surface area contributed by atoms with Crippen molar-refractivity contribution in [1.82, 2.24) is 10.2 Å². The lowest BCUT2D eigenvalue weighted by Gasteiger charge is -2.36. The number of nitrogens with zero attached hydrogens (tertiary/aromatic N) is 2. The van der Waals surface area contributed by atoms with Crippen molar-refractivity contribution in [2.45, 2.75) is 19.9 Å². The quantitative estimate of drug-likeness (QED) is 0.873. The van der Waals surface area contributed by atoms with Gasteiger partial charge in [0.1, 0.15) is 0 Å². The molecule has 1 aliphatic heterocycles. The maximum atomic E-state index is 13.0. The number of carbonyl (C=O) groups is 2. The SMILES string of the molecule is CC(C)NC(=O)Nc1ccccc1C(=O)N1CCN(c2ccccc2)CC1. The number of carbonyl (C=O) groups excluding carboxylic acids is 2. The summed E-state index contributed by atoms with van der Waals surface area (Å²) in [5, 5.41) is 5.57. The normalized spacial score (nSPS) is 14.2. The Bertz CT molecular complexity index is 784. The second kappa shape index (κ2) is 8.58. The molecule has 3 rings (SSSR count). The minimum Gasteiger partial charge on any atom is -0.368 e. The third kappa shape index (κ3) is 4.78. The second-order valence-corrected chi connectivity index (χ2v) is 6.91. The first-order chi connectivity index (χ1) is 13.0. The molecule has 1 aliphatic rings. The minimum atomic E-state index is -0.306. The van der Waals surface area contributed by atoms with Gasteiger partial charge in [0.25, 0.3) is 5.91 Å². The number of piperazine rings is 1. The number of hydrogen-bond donors (Lipinski definition) is 2. The highest BCUT2D eigenvalue weighted by molar-refractivity contribution is 6.03. The van der Waals surface area contributed by atoms with Crippen LogP contribution in [0, 0.1) is 0 Å². The number of urea groups is 1. The van der Waals surface area contributed by atoms with Gasteiger partial charge in [0, 0.05) is 37.9 Å². The summed E-state index contributed by atoms with van der Waals surface area (Å²) in [6.45, 7) is 6.67. The van der Waals surface area contributed by atoms with E-state index in [2.05, 4.69) is 27.7 Å². The first-order valence-electron chi connectivity index (χ1n) is 9.30. The Morgan fingerprint density at radius 3 is 2.19 bits per heavy atom. The Morgan fingerprint density at radius 1 is 0.889 bits per heavy atom. The fourth-order valence-electron chi connectivity index (χ4n) is 3.18. The van der Waals surface area contributed by atoms with Crippen molar-refractivity contribution < 1.29 is 9.59 Å². The number of anilines is 2. The Hall–Kier alpha value is -3.02. The summed E-state index contributed by atoms with van der Waals surface area (Å²) in [7, 11) is 0. The molecule has 1 saturated heterocycles. The van der Waals surface area contributed by atoms with Gasteiger partial charge in [0.15, 0.2) is 0 Å². The van der Waals surface area contributed by atoms with Crippen LogP contribution in [-0.4, -0.2) is 49.1 Å². The number of rotatable bonds is 4. The van der Waals surface area contributed by atoms with Gasteiger partial charge in [-0.2, -0.15) is 0 Å². The van der Waals surface area contributed by atoms with Gasteiger partial charge in [-0.3, -0.25) is 4.79 Å². The van der Waals surface area contributed by atoms with E-state index in [1.54, 1.807) is 12.1 Å². The summed E-state index contributed by atoms with van der Waals surface area (Å²) in [5.74, 6) is -0.0526. The molecule has 2 aromatic carbocycles. The number of benzene rings is 2. The molecule has 0 radical (unpaired) electrons. The molecule has 6 heteroatoms. The molecule has 0 unspecified atom stereocenters. The average molecular weight is 366 g/mol. The van der Waals surface area contributed by atoms with E-state index in [1.807, 2.05) is 49.1 Å². The Labute approximate surface area is 160 Å². The number of hydrogen-bond acceptors (Lipinski definition) is 3. The summed E-state index contributed by atoms with van der Waals surface area (Å²) in [6, 6.07) is 17.1. The zero-order chi connectivity index (χ0) is 19.2.